The first kappa shape index (κ1) is 17.5. The van der Waals surface area contributed by atoms with E-state index in [9.17, 15) is 14.7 Å². The van der Waals surface area contributed by atoms with Crippen LogP contribution in [0.25, 0.3) is 0 Å². The minimum atomic E-state index is -0.798. The molecule has 25 heavy (non-hydrogen) atoms. The molecule has 4 rings (SSSR count). The van der Waals surface area contributed by atoms with Crippen molar-refractivity contribution < 1.29 is 19.4 Å². The van der Waals surface area contributed by atoms with Gasteiger partial charge < -0.3 is 9.84 Å². The summed E-state index contributed by atoms with van der Waals surface area (Å²) < 4.78 is 5.51. The van der Waals surface area contributed by atoms with Gasteiger partial charge in [0.1, 0.15) is 11.9 Å². The van der Waals surface area contributed by atoms with Crippen LogP contribution in [0, 0.1) is 28.6 Å². The van der Waals surface area contributed by atoms with E-state index in [0.717, 1.165) is 44.9 Å². The highest BCUT2D eigenvalue weighted by atomic mass is 16.5. The molecule has 0 heterocycles. The Kier molecular flexibility index (Phi) is 3.89. The summed E-state index contributed by atoms with van der Waals surface area (Å²) in [5, 5.41) is 11.6. The molecule has 4 aliphatic carbocycles. The van der Waals surface area contributed by atoms with Crippen molar-refractivity contribution in [1.29, 1.82) is 0 Å². The highest BCUT2D eigenvalue weighted by Crippen LogP contribution is 2.66. The Morgan fingerprint density at radius 3 is 2.56 bits per heavy atom. The molecule has 4 saturated carbocycles. The third-order valence-corrected chi connectivity index (χ3v) is 8.85. The van der Waals surface area contributed by atoms with E-state index in [-0.39, 0.29) is 29.2 Å². The molecule has 0 aromatic rings. The number of rotatable bonds is 1. The predicted octanol–water partition coefficient (Wildman–Crippen LogP) is 3.64. The van der Waals surface area contributed by atoms with Crippen LogP contribution in [0.5, 0.6) is 0 Å². The van der Waals surface area contributed by atoms with Gasteiger partial charge in [-0.2, -0.15) is 0 Å². The van der Waals surface area contributed by atoms with Gasteiger partial charge in [0.05, 0.1) is 11.0 Å². The molecule has 4 heteroatoms. The maximum absolute atomic E-state index is 12.5. The number of ether oxygens (including phenoxy) is 1. The van der Waals surface area contributed by atoms with Gasteiger partial charge in [-0.05, 0) is 81.5 Å². The fourth-order valence-electron chi connectivity index (χ4n) is 7.29. The van der Waals surface area contributed by atoms with Gasteiger partial charge in [-0.25, -0.2) is 0 Å². The summed E-state index contributed by atoms with van der Waals surface area (Å²) in [4.78, 5) is 23.8. The fourth-order valence-corrected chi connectivity index (χ4v) is 7.29. The zero-order valence-corrected chi connectivity index (χ0v) is 15.8. The summed E-state index contributed by atoms with van der Waals surface area (Å²) in [5.41, 5.74) is -1.11. The Labute approximate surface area is 150 Å². The molecular weight excluding hydrogens is 316 g/mol. The molecule has 0 spiro atoms. The largest absolute Gasteiger partial charge is 0.463 e. The average Bonchev–Trinajstić information content (AvgIpc) is 2.79. The Morgan fingerprint density at radius 2 is 1.84 bits per heavy atom. The third kappa shape index (κ3) is 2.28. The highest BCUT2D eigenvalue weighted by Gasteiger charge is 2.67. The smallest absolute Gasteiger partial charge is 0.302 e. The lowest BCUT2D eigenvalue weighted by molar-refractivity contribution is -0.203. The van der Waals surface area contributed by atoms with Crippen LogP contribution in [0.4, 0.5) is 0 Å². The van der Waals surface area contributed by atoms with Crippen LogP contribution in [-0.4, -0.2) is 28.6 Å². The monoisotopic (exact) mass is 348 g/mol. The topological polar surface area (TPSA) is 63.6 Å². The van der Waals surface area contributed by atoms with Crippen molar-refractivity contribution in [3.63, 3.8) is 0 Å². The summed E-state index contributed by atoms with van der Waals surface area (Å²) in [7, 11) is 0. The lowest BCUT2D eigenvalue weighted by atomic mass is 9.44. The van der Waals surface area contributed by atoms with Crippen LogP contribution in [0.3, 0.4) is 0 Å². The first-order valence-corrected chi connectivity index (χ1v) is 10.1. The normalized spacial score (nSPS) is 52.1. The van der Waals surface area contributed by atoms with E-state index in [2.05, 4.69) is 6.92 Å². The van der Waals surface area contributed by atoms with Crippen LogP contribution >= 0.6 is 0 Å². The minimum Gasteiger partial charge on any atom is -0.463 e. The summed E-state index contributed by atoms with van der Waals surface area (Å²) in [6, 6.07) is 0. The molecule has 0 aromatic heterocycles. The fraction of sp³-hybridized carbons (Fsp3) is 0.905. The van der Waals surface area contributed by atoms with Crippen molar-refractivity contribution in [2.24, 2.45) is 28.6 Å². The number of Topliss-reactive ketones (excluding diaryl/α,β-unsaturated/α-hetero) is 1. The maximum Gasteiger partial charge on any atom is 0.302 e. The molecule has 1 N–H and O–H groups in total. The zero-order chi connectivity index (χ0) is 18.0. The summed E-state index contributed by atoms with van der Waals surface area (Å²) in [6.45, 7) is 5.92. The first-order chi connectivity index (χ1) is 11.7. The van der Waals surface area contributed by atoms with Crippen LogP contribution in [0.1, 0.15) is 78.6 Å². The molecule has 0 unspecified atom stereocenters. The number of carbonyl (C=O) groups is 2. The molecule has 4 aliphatic rings. The molecule has 7 atom stereocenters. The maximum atomic E-state index is 12.5. The van der Waals surface area contributed by atoms with Crippen molar-refractivity contribution >= 4 is 11.8 Å². The number of ketones is 1. The van der Waals surface area contributed by atoms with E-state index in [1.54, 1.807) is 0 Å². The Hall–Kier alpha value is -0.900. The molecule has 0 aliphatic heterocycles. The number of hydrogen-bond donors (Lipinski definition) is 1. The molecule has 0 radical (unpaired) electrons. The van der Waals surface area contributed by atoms with E-state index in [0.29, 0.717) is 24.7 Å². The predicted molar refractivity (Wildman–Crippen MR) is 93.7 cm³/mol. The van der Waals surface area contributed by atoms with E-state index in [1.165, 1.54) is 6.92 Å². The second kappa shape index (κ2) is 5.55. The molecule has 0 amide bonds. The zero-order valence-electron chi connectivity index (χ0n) is 15.8. The minimum absolute atomic E-state index is 0.0668. The van der Waals surface area contributed by atoms with Crippen molar-refractivity contribution in [1.82, 2.24) is 0 Å². The Morgan fingerprint density at radius 1 is 1.08 bits per heavy atom. The van der Waals surface area contributed by atoms with Gasteiger partial charge in [-0.3, -0.25) is 9.59 Å². The summed E-state index contributed by atoms with van der Waals surface area (Å²) in [6.07, 6.45) is 8.22. The van der Waals surface area contributed by atoms with E-state index in [1.807, 2.05) is 6.92 Å². The van der Waals surface area contributed by atoms with Crippen LogP contribution in [0.15, 0.2) is 0 Å². The molecule has 0 saturated heterocycles. The van der Waals surface area contributed by atoms with Gasteiger partial charge in [0.2, 0.25) is 0 Å². The van der Waals surface area contributed by atoms with E-state index >= 15 is 0 Å². The number of fused-ring (bicyclic) bond motifs is 5. The second-order valence-electron chi connectivity index (χ2n) is 9.72. The lowest BCUT2D eigenvalue weighted by Gasteiger charge is -2.62. The Balaban J connectivity index is 1.59. The summed E-state index contributed by atoms with van der Waals surface area (Å²) in [5.74, 6) is 1.42. The van der Waals surface area contributed by atoms with Crippen LogP contribution in [0.2, 0.25) is 0 Å². The quantitative estimate of drug-likeness (QED) is 0.735. The summed E-state index contributed by atoms with van der Waals surface area (Å²) >= 11 is 0. The van der Waals surface area contributed by atoms with Crippen molar-refractivity contribution in [2.45, 2.75) is 90.3 Å². The second-order valence-corrected chi connectivity index (χ2v) is 9.72. The first-order valence-electron chi connectivity index (χ1n) is 10.1. The van der Waals surface area contributed by atoms with Gasteiger partial charge in [-0.1, -0.05) is 6.92 Å². The van der Waals surface area contributed by atoms with Crippen molar-refractivity contribution in [2.75, 3.05) is 0 Å². The standard InChI is InChI=1S/C21H32O4/c1-13(22)25-15-6-9-19(2)14(12-15)4-5-17-16(19)7-10-20(3)18(23)8-11-21(17,20)24/h14-17,24H,4-12H2,1-3H3/t14-,15-,16-,17+,19-,20+,21-/m0/s1. The van der Waals surface area contributed by atoms with Gasteiger partial charge in [0, 0.05) is 13.3 Å². The third-order valence-electron chi connectivity index (χ3n) is 8.85. The molecule has 4 fully saturated rings. The van der Waals surface area contributed by atoms with Crippen LogP contribution in [-0.2, 0) is 14.3 Å². The SMILES string of the molecule is CC(=O)O[C@H]1CC[C@@]2(C)[C@@H](CC[C@@H]3[C@@H]2CC[C@]2(C)C(=O)CC[C@]32O)C1. The number of carbonyl (C=O) groups excluding carboxylic acids is 2. The molecule has 0 aromatic carbocycles. The van der Waals surface area contributed by atoms with E-state index in [4.69, 9.17) is 4.74 Å². The number of aliphatic hydroxyl groups is 1. The van der Waals surface area contributed by atoms with Gasteiger partial charge >= 0.3 is 5.97 Å². The number of esters is 1. The van der Waals surface area contributed by atoms with Crippen molar-refractivity contribution in [3.05, 3.63) is 0 Å². The number of hydrogen-bond acceptors (Lipinski definition) is 4. The average molecular weight is 348 g/mol. The van der Waals surface area contributed by atoms with Crippen LogP contribution < -0.4 is 0 Å². The molecule has 140 valence electrons. The van der Waals surface area contributed by atoms with E-state index < -0.39 is 11.0 Å². The molecule has 0 bridgehead atoms. The van der Waals surface area contributed by atoms with Crippen molar-refractivity contribution in [3.8, 4) is 0 Å². The molecular formula is C21H32O4. The van der Waals surface area contributed by atoms with Gasteiger partial charge in [0.15, 0.2) is 0 Å². The highest BCUT2D eigenvalue weighted by molar-refractivity contribution is 5.88. The van der Waals surface area contributed by atoms with Gasteiger partial charge in [0.25, 0.3) is 0 Å². The molecule has 4 nitrogen and oxygen atoms in total. The lowest BCUT2D eigenvalue weighted by Crippen LogP contribution is -2.62. The van der Waals surface area contributed by atoms with Gasteiger partial charge in [-0.15, -0.1) is 0 Å². The Bertz CT molecular complexity index is 601.